The molecular formula is C18H22N4O. The maximum atomic E-state index is 12.5. The van der Waals surface area contributed by atoms with E-state index < -0.39 is 0 Å². The number of anilines is 1. The summed E-state index contributed by atoms with van der Waals surface area (Å²) in [4.78, 5) is 22.1. The molecule has 5 heteroatoms. The van der Waals surface area contributed by atoms with Gasteiger partial charge in [0.1, 0.15) is 0 Å². The van der Waals surface area contributed by atoms with Crippen LogP contribution in [0.15, 0.2) is 41.3 Å². The van der Waals surface area contributed by atoms with E-state index in [9.17, 15) is 4.79 Å². The molecule has 2 aliphatic heterocycles. The Morgan fingerprint density at radius 3 is 2.61 bits per heavy atom. The third-order valence-corrected chi connectivity index (χ3v) is 5.25. The van der Waals surface area contributed by atoms with E-state index in [1.54, 1.807) is 6.20 Å². The lowest BCUT2D eigenvalue weighted by Gasteiger charge is -2.33. The molecule has 0 bridgehead atoms. The predicted octanol–water partition coefficient (Wildman–Crippen LogP) is 2.02. The Labute approximate surface area is 135 Å². The van der Waals surface area contributed by atoms with Gasteiger partial charge in [-0.05, 0) is 43.3 Å². The molecule has 0 atom stereocenters. The zero-order chi connectivity index (χ0) is 15.7. The van der Waals surface area contributed by atoms with E-state index in [2.05, 4.69) is 20.2 Å². The minimum atomic E-state index is -0.0858. The number of piperidine rings is 1. The summed E-state index contributed by atoms with van der Waals surface area (Å²) in [5.41, 5.74) is 2.05. The summed E-state index contributed by atoms with van der Waals surface area (Å²) in [5, 5.41) is 3.43. The topological polar surface area (TPSA) is 61.0 Å². The highest BCUT2D eigenvalue weighted by atomic mass is 16.1. The molecule has 0 saturated carbocycles. The number of benzene rings is 1. The van der Waals surface area contributed by atoms with E-state index in [1.165, 1.54) is 12.8 Å². The van der Waals surface area contributed by atoms with E-state index in [0.717, 1.165) is 43.9 Å². The van der Waals surface area contributed by atoms with Gasteiger partial charge in [-0.3, -0.25) is 4.79 Å². The summed E-state index contributed by atoms with van der Waals surface area (Å²) < 4.78 is 0. The summed E-state index contributed by atoms with van der Waals surface area (Å²) in [7, 11) is 0. The van der Waals surface area contributed by atoms with Gasteiger partial charge in [-0.1, -0.05) is 30.3 Å². The first-order valence-corrected chi connectivity index (χ1v) is 8.36. The smallest absolute Gasteiger partial charge is 0.291 e. The number of rotatable bonds is 2. The molecule has 1 spiro atoms. The van der Waals surface area contributed by atoms with E-state index >= 15 is 0 Å². The molecule has 2 aliphatic rings. The number of aromatic nitrogens is 2. The number of aromatic amines is 1. The lowest BCUT2D eigenvalue weighted by molar-refractivity contribution is 0.232. The summed E-state index contributed by atoms with van der Waals surface area (Å²) >= 11 is 0. The van der Waals surface area contributed by atoms with Gasteiger partial charge in [0.05, 0.1) is 11.9 Å². The normalized spacial score (nSPS) is 20.1. The minimum Gasteiger partial charge on any atom is -0.351 e. The van der Waals surface area contributed by atoms with Crippen molar-refractivity contribution in [3.63, 3.8) is 0 Å². The second kappa shape index (κ2) is 5.81. The van der Waals surface area contributed by atoms with Crippen molar-refractivity contribution in [1.82, 2.24) is 15.3 Å². The van der Waals surface area contributed by atoms with Crippen LogP contribution in [0.4, 0.5) is 5.82 Å². The van der Waals surface area contributed by atoms with Crippen molar-refractivity contribution in [2.75, 3.05) is 31.1 Å². The largest absolute Gasteiger partial charge is 0.351 e. The molecule has 1 aromatic carbocycles. The molecule has 0 unspecified atom stereocenters. The summed E-state index contributed by atoms with van der Waals surface area (Å²) in [6, 6.07) is 9.84. The van der Waals surface area contributed by atoms with Crippen molar-refractivity contribution in [2.24, 2.45) is 5.41 Å². The third-order valence-electron chi connectivity index (χ3n) is 5.25. The van der Waals surface area contributed by atoms with Crippen LogP contribution < -0.4 is 15.8 Å². The molecule has 2 fully saturated rings. The maximum Gasteiger partial charge on any atom is 0.291 e. The highest BCUT2D eigenvalue weighted by molar-refractivity contribution is 5.58. The van der Waals surface area contributed by atoms with Crippen LogP contribution in [0, 0.1) is 5.41 Å². The van der Waals surface area contributed by atoms with E-state index in [1.807, 2.05) is 30.3 Å². The third kappa shape index (κ3) is 2.77. The van der Waals surface area contributed by atoms with Crippen LogP contribution >= 0.6 is 0 Å². The Morgan fingerprint density at radius 1 is 1.09 bits per heavy atom. The lowest BCUT2D eigenvalue weighted by atomic mass is 9.78. The van der Waals surface area contributed by atoms with Gasteiger partial charge in [0.25, 0.3) is 5.56 Å². The van der Waals surface area contributed by atoms with E-state index in [4.69, 9.17) is 0 Å². The van der Waals surface area contributed by atoms with E-state index in [0.29, 0.717) is 11.2 Å². The van der Waals surface area contributed by atoms with Gasteiger partial charge < -0.3 is 15.2 Å². The summed E-state index contributed by atoms with van der Waals surface area (Å²) in [6.45, 7) is 4.06. The number of hydrogen-bond donors (Lipinski definition) is 2. The fourth-order valence-electron chi connectivity index (χ4n) is 3.87. The first-order valence-electron chi connectivity index (χ1n) is 8.36. The SMILES string of the molecule is O=c1[nH]c(-c2ccccc2)cnc1N1CCC2(CCNCC2)C1. The molecule has 23 heavy (non-hydrogen) atoms. The molecule has 1 aromatic heterocycles. The van der Waals surface area contributed by atoms with Gasteiger partial charge in [0.15, 0.2) is 5.82 Å². The van der Waals surface area contributed by atoms with Crippen LogP contribution in [0.1, 0.15) is 19.3 Å². The zero-order valence-electron chi connectivity index (χ0n) is 13.2. The van der Waals surface area contributed by atoms with Crippen molar-refractivity contribution in [3.8, 4) is 11.3 Å². The molecule has 2 N–H and O–H groups in total. The van der Waals surface area contributed by atoms with Gasteiger partial charge in [-0.25, -0.2) is 4.98 Å². The highest BCUT2D eigenvalue weighted by Gasteiger charge is 2.39. The minimum absolute atomic E-state index is 0.0858. The van der Waals surface area contributed by atoms with Crippen LogP contribution in [0.5, 0.6) is 0 Å². The molecule has 2 aromatic rings. The van der Waals surface area contributed by atoms with E-state index in [-0.39, 0.29) is 5.56 Å². The standard InChI is InChI=1S/C18H22N4O/c23-17-16(20-12-15(21-17)14-4-2-1-3-5-14)22-11-8-18(13-22)6-9-19-10-7-18/h1-5,12,19H,6-11,13H2,(H,21,23). The Kier molecular flexibility index (Phi) is 3.65. The number of H-pyrrole nitrogens is 1. The molecule has 2 saturated heterocycles. The highest BCUT2D eigenvalue weighted by Crippen LogP contribution is 2.39. The average Bonchev–Trinajstić information content (AvgIpc) is 2.99. The molecular weight excluding hydrogens is 288 g/mol. The van der Waals surface area contributed by atoms with Gasteiger partial charge in [0, 0.05) is 13.1 Å². The molecule has 120 valence electrons. The van der Waals surface area contributed by atoms with Crippen molar-refractivity contribution in [2.45, 2.75) is 19.3 Å². The summed E-state index contributed by atoms with van der Waals surface area (Å²) in [6.07, 6.45) is 5.34. The fraction of sp³-hybridized carbons (Fsp3) is 0.444. The van der Waals surface area contributed by atoms with Crippen molar-refractivity contribution in [3.05, 3.63) is 46.9 Å². The quantitative estimate of drug-likeness (QED) is 0.891. The maximum absolute atomic E-state index is 12.5. The number of hydrogen-bond acceptors (Lipinski definition) is 4. The second-order valence-electron chi connectivity index (χ2n) is 6.74. The van der Waals surface area contributed by atoms with Crippen molar-refractivity contribution >= 4 is 5.82 Å². The van der Waals surface area contributed by atoms with Gasteiger partial charge >= 0.3 is 0 Å². The van der Waals surface area contributed by atoms with Crippen LogP contribution in [0.3, 0.4) is 0 Å². The monoisotopic (exact) mass is 310 g/mol. The Hall–Kier alpha value is -2.14. The van der Waals surface area contributed by atoms with Gasteiger partial charge in [0.2, 0.25) is 0 Å². The van der Waals surface area contributed by atoms with Crippen molar-refractivity contribution < 1.29 is 0 Å². The first-order chi connectivity index (χ1) is 11.3. The molecule has 0 radical (unpaired) electrons. The predicted molar refractivity (Wildman–Crippen MR) is 91.7 cm³/mol. The number of nitrogens with zero attached hydrogens (tertiary/aromatic N) is 2. The Balaban J connectivity index is 1.57. The lowest BCUT2D eigenvalue weighted by Crippen LogP contribution is -2.39. The Morgan fingerprint density at radius 2 is 1.87 bits per heavy atom. The second-order valence-corrected chi connectivity index (χ2v) is 6.74. The van der Waals surface area contributed by atoms with Crippen molar-refractivity contribution in [1.29, 1.82) is 0 Å². The average molecular weight is 310 g/mol. The zero-order valence-corrected chi connectivity index (χ0v) is 13.2. The van der Waals surface area contributed by atoms with Crippen LogP contribution in [-0.2, 0) is 0 Å². The molecule has 0 amide bonds. The first kappa shape index (κ1) is 14.5. The van der Waals surface area contributed by atoms with Gasteiger partial charge in [-0.2, -0.15) is 0 Å². The number of nitrogens with one attached hydrogen (secondary N) is 2. The molecule has 0 aliphatic carbocycles. The molecule has 3 heterocycles. The summed E-state index contributed by atoms with van der Waals surface area (Å²) in [5.74, 6) is 0.570. The molecule has 5 nitrogen and oxygen atoms in total. The Bertz CT molecular complexity index is 734. The van der Waals surface area contributed by atoms with Crippen LogP contribution in [0.2, 0.25) is 0 Å². The van der Waals surface area contributed by atoms with Crippen LogP contribution in [0.25, 0.3) is 11.3 Å². The molecule has 4 rings (SSSR count). The fourth-order valence-corrected chi connectivity index (χ4v) is 3.87. The van der Waals surface area contributed by atoms with Gasteiger partial charge in [-0.15, -0.1) is 0 Å². The van der Waals surface area contributed by atoms with Crippen LogP contribution in [-0.4, -0.2) is 36.1 Å².